The number of aromatic nitrogens is 1. The number of anilines is 1. The van der Waals surface area contributed by atoms with Gasteiger partial charge >= 0.3 is 0 Å². The summed E-state index contributed by atoms with van der Waals surface area (Å²) in [6.45, 7) is 0.813. The first kappa shape index (κ1) is 13.8. The van der Waals surface area contributed by atoms with E-state index < -0.39 is 0 Å². The largest absolute Gasteiger partial charge is 0.397 e. The zero-order chi connectivity index (χ0) is 11.4. The maximum absolute atomic E-state index is 11.6. The number of carbonyl (C=O) groups excluding carboxylic acids is 1. The van der Waals surface area contributed by atoms with Crippen molar-refractivity contribution in [2.45, 2.75) is 25.7 Å². The number of rotatable bonds is 4. The van der Waals surface area contributed by atoms with Crippen molar-refractivity contribution in [3.05, 3.63) is 24.0 Å². The molecule has 0 radical (unpaired) electrons. The van der Waals surface area contributed by atoms with E-state index in [9.17, 15) is 4.79 Å². The summed E-state index contributed by atoms with van der Waals surface area (Å²) in [5.74, 6) is 0.743. The molecular formula is C12H18ClN3O. The number of pyridine rings is 1. The average Bonchev–Trinajstić information content (AvgIpc) is 2.19. The van der Waals surface area contributed by atoms with Crippen molar-refractivity contribution in [3.8, 4) is 0 Å². The molecule has 1 amide bonds. The molecule has 5 heteroatoms. The van der Waals surface area contributed by atoms with Gasteiger partial charge in [0.1, 0.15) is 0 Å². The average molecular weight is 256 g/mol. The molecule has 1 aliphatic carbocycles. The zero-order valence-electron chi connectivity index (χ0n) is 9.69. The predicted molar refractivity (Wildman–Crippen MR) is 70.0 cm³/mol. The van der Waals surface area contributed by atoms with Crippen molar-refractivity contribution in [1.82, 2.24) is 10.3 Å². The van der Waals surface area contributed by atoms with Crippen LogP contribution in [0, 0.1) is 5.92 Å². The van der Waals surface area contributed by atoms with E-state index in [1.54, 1.807) is 18.3 Å². The second-order valence-corrected chi connectivity index (χ2v) is 4.36. The van der Waals surface area contributed by atoms with E-state index in [1.807, 2.05) is 0 Å². The molecule has 0 atom stereocenters. The third-order valence-corrected chi connectivity index (χ3v) is 3.00. The summed E-state index contributed by atoms with van der Waals surface area (Å²) in [5.41, 5.74) is 6.91. The van der Waals surface area contributed by atoms with Crippen LogP contribution in [-0.4, -0.2) is 17.4 Å². The highest BCUT2D eigenvalue weighted by Gasteiger charge is 2.17. The van der Waals surface area contributed by atoms with Crippen LogP contribution in [0.2, 0.25) is 0 Å². The van der Waals surface area contributed by atoms with Gasteiger partial charge in [0, 0.05) is 12.2 Å². The van der Waals surface area contributed by atoms with Crippen LogP contribution >= 0.6 is 12.4 Å². The molecule has 4 nitrogen and oxygen atoms in total. The Balaban J connectivity index is 0.00000144. The lowest BCUT2D eigenvalue weighted by atomic mass is 9.85. The van der Waals surface area contributed by atoms with Gasteiger partial charge in [0.15, 0.2) is 0 Å². The van der Waals surface area contributed by atoms with Crippen molar-refractivity contribution in [2.75, 3.05) is 12.3 Å². The third kappa shape index (κ3) is 4.23. The number of carbonyl (C=O) groups is 1. The minimum Gasteiger partial charge on any atom is -0.397 e. The molecule has 1 aliphatic rings. The molecule has 0 unspecified atom stereocenters. The summed E-state index contributed by atoms with van der Waals surface area (Å²) in [7, 11) is 0. The van der Waals surface area contributed by atoms with Crippen molar-refractivity contribution < 1.29 is 4.79 Å². The van der Waals surface area contributed by atoms with Crippen LogP contribution in [0.5, 0.6) is 0 Å². The molecule has 0 saturated heterocycles. The fourth-order valence-corrected chi connectivity index (χ4v) is 1.72. The molecule has 1 aromatic rings. The Kier molecular flexibility index (Phi) is 5.22. The number of halogens is 1. The number of hydrogen-bond acceptors (Lipinski definition) is 3. The Morgan fingerprint density at radius 2 is 2.24 bits per heavy atom. The normalized spacial score (nSPS) is 14.6. The van der Waals surface area contributed by atoms with Crippen LogP contribution in [0.3, 0.4) is 0 Å². The molecule has 2 rings (SSSR count). The monoisotopic (exact) mass is 255 g/mol. The van der Waals surface area contributed by atoms with E-state index >= 15 is 0 Å². The number of nitrogens with zero attached hydrogens (tertiary/aromatic N) is 1. The van der Waals surface area contributed by atoms with E-state index in [0.29, 0.717) is 18.0 Å². The second kappa shape index (κ2) is 6.45. The fraction of sp³-hybridized carbons (Fsp3) is 0.500. The van der Waals surface area contributed by atoms with E-state index in [2.05, 4.69) is 10.3 Å². The number of nitrogens with one attached hydrogen (secondary N) is 1. The topological polar surface area (TPSA) is 68.0 Å². The molecule has 0 aromatic carbocycles. The summed E-state index contributed by atoms with van der Waals surface area (Å²) < 4.78 is 0. The van der Waals surface area contributed by atoms with Gasteiger partial charge in [-0.2, -0.15) is 0 Å². The number of nitrogen functional groups attached to an aromatic ring is 1. The summed E-state index contributed by atoms with van der Waals surface area (Å²) in [6.07, 6.45) is 5.72. The minimum absolute atomic E-state index is 0. The maximum Gasteiger partial charge on any atom is 0.226 e. The van der Waals surface area contributed by atoms with E-state index in [0.717, 1.165) is 12.2 Å². The first-order chi connectivity index (χ1) is 7.74. The first-order valence-electron chi connectivity index (χ1n) is 5.71. The predicted octanol–water partition coefficient (Wildman–Crippen LogP) is 1.54. The molecule has 0 spiro atoms. The molecule has 0 bridgehead atoms. The van der Waals surface area contributed by atoms with Crippen LogP contribution in [0.15, 0.2) is 18.3 Å². The van der Waals surface area contributed by atoms with Crippen LogP contribution in [0.1, 0.15) is 25.0 Å². The van der Waals surface area contributed by atoms with Gasteiger partial charge in [-0.25, -0.2) is 0 Å². The van der Waals surface area contributed by atoms with E-state index in [1.165, 1.54) is 19.3 Å². The highest BCUT2D eigenvalue weighted by molar-refractivity contribution is 5.85. The number of hydrogen-bond donors (Lipinski definition) is 2. The molecule has 1 aromatic heterocycles. The van der Waals surface area contributed by atoms with Crippen molar-refractivity contribution >= 4 is 24.0 Å². The van der Waals surface area contributed by atoms with Gasteiger partial charge in [-0.1, -0.05) is 6.42 Å². The third-order valence-electron chi connectivity index (χ3n) is 3.00. The Morgan fingerprint density at radius 3 is 2.76 bits per heavy atom. The molecule has 17 heavy (non-hydrogen) atoms. The summed E-state index contributed by atoms with van der Waals surface area (Å²) in [5, 5.41) is 2.94. The van der Waals surface area contributed by atoms with Crippen LogP contribution < -0.4 is 11.1 Å². The van der Waals surface area contributed by atoms with Crippen LogP contribution in [-0.2, 0) is 11.2 Å². The second-order valence-electron chi connectivity index (χ2n) is 4.36. The first-order valence-corrected chi connectivity index (χ1v) is 5.71. The number of amides is 1. The van der Waals surface area contributed by atoms with Gasteiger partial charge in [-0.05, 0) is 30.9 Å². The van der Waals surface area contributed by atoms with Crippen molar-refractivity contribution in [1.29, 1.82) is 0 Å². The van der Waals surface area contributed by atoms with E-state index in [-0.39, 0.29) is 18.3 Å². The van der Waals surface area contributed by atoms with Gasteiger partial charge in [-0.15, -0.1) is 12.4 Å². The molecule has 1 heterocycles. The highest BCUT2D eigenvalue weighted by atomic mass is 35.5. The van der Waals surface area contributed by atoms with Crippen LogP contribution in [0.4, 0.5) is 5.69 Å². The molecular weight excluding hydrogens is 238 g/mol. The molecule has 0 aliphatic heterocycles. The van der Waals surface area contributed by atoms with Gasteiger partial charge in [0.2, 0.25) is 5.91 Å². The smallest absolute Gasteiger partial charge is 0.226 e. The Hall–Kier alpha value is -1.29. The minimum atomic E-state index is 0. The fourth-order valence-electron chi connectivity index (χ4n) is 1.72. The maximum atomic E-state index is 11.6. The summed E-state index contributed by atoms with van der Waals surface area (Å²) in [6, 6.07) is 3.56. The Labute approximate surface area is 107 Å². The molecule has 1 saturated carbocycles. The zero-order valence-corrected chi connectivity index (χ0v) is 10.5. The lowest BCUT2D eigenvalue weighted by Gasteiger charge is -2.25. The molecule has 3 N–H and O–H groups in total. The van der Waals surface area contributed by atoms with Gasteiger partial charge in [-0.3, -0.25) is 9.78 Å². The lowest BCUT2D eigenvalue weighted by Crippen LogP contribution is -2.33. The Bertz CT molecular complexity index is 363. The quantitative estimate of drug-likeness (QED) is 0.858. The Morgan fingerprint density at radius 1 is 1.47 bits per heavy atom. The van der Waals surface area contributed by atoms with Gasteiger partial charge in [0.05, 0.1) is 18.3 Å². The summed E-state index contributed by atoms with van der Waals surface area (Å²) in [4.78, 5) is 15.7. The van der Waals surface area contributed by atoms with Gasteiger partial charge < -0.3 is 11.1 Å². The van der Waals surface area contributed by atoms with Crippen molar-refractivity contribution in [3.63, 3.8) is 0 Å². The highest BCUT2D eigenvalue weighted by Crippen LogP contribution is 2.25. The molecule has 1 fully saturated rings. The van der Waals surface area contributed by atoms with Crippen LogP contribution in [0.25, 0.3) is 0 Å². The van der Waals surface area contributed by atoms with Crippen molar-refractivity contribution in [2.24, 2.45) is 5.92 Å². The SMILES string of the molecule is Cl.Nc1ccc(CC(=O)NCC2CCC2)nc1. The lowest BCUT2D eigenvalue weighted by molar-refractivity contribution is -0.120. The summed E-state index contributed by atoms with van der Waals surface area (Å²) >= 11 is 0. The van der Waals surface area contributed by atoms with E-state index in [4.69, 9.17) is 5.73 Å². The molecule has 94 valence electrons. The number of nitrogens with two attached hydrogens (primary N) is 1. The standard InChI is InChI=1S/C12H17N3O.ClH/c13-10-4-5-11(14-8-10)6-12(16)15-7-9-2-1-3-9;/h4-5,8-9H,1-3,6-7,13H2,(H,15,16);1H. The van der Waals surface area contributed by atoms with Gasteiger partial charge in [0.25, 0.3) is 0 Å².